The van der Waals surface area contributed by atoms with E-state index in [1.807, 2.05) is 71.4 Å². The van der Waals surface area contributed by atoms with Crippen LogP contribution in [0, 0.1) is 6.92 Å². The molecule has 0 fully saturated rings. The fraction of sp³-hybridized carbons (Fsp3) is 0.0909. The first kappa shape index (κ1) is 16.1. The molecule has 0 radical (unpaired) electrons. The van der Waals surface area contributed by atoms with Gasteiger partial charge in [0, 0.05) is 23.6 Å². The zero-order chi connectivity index (χ0) is 17.9. The van der Waals surface area contributed by atoms with Crippen molar-refractivity contribution in [3.63, 3.8) is 0 Å². The van der Waals surface area contributed by atoms with Crippen molar-refractivity contribution in [1.82, 2.24) is 9.38 Å². The zero-order valence-electron chi connectivity index (χ0n) is 14.5. The molecule has 2 heterocycles. The molecule has 0 saturated heterocycles. The molecule has 1 N–H and O–H groups in total. The summed E-state index contributed by atoms with van der Waals surface area (Å²) in [6.07, 6.45) is 4.39. The van der Waals surface area contributed by atoms with Crippen molar-refractivity contribution in [3.05, 3.63) is 90.3 Å². The summed E-state index contributed by atoms with van der Waals surface area (Å²) in [7, 11) is 0. The molecule has 2 aromatic heterocycles. The highest BCUT2D eigenvalue weighted by Crippen LogP contribution is 2.22. The van der Waals surface area contributed by atoms with Gasteiger partial charge in [-0.05, 0) is 42.3 Å². The van der Waals surface area contributed by atoms with Crippen LogP contribution in [0.1, 0.15) is 11.1 Å². The van der Waals surface area contributed by atoms with E-state index < -0.39 is 0 Å². The monoisotopic (exact) mass is 341 g/mol. The van der Waals surface area contributed by atoms with Gasteiger partial charge in [-0.2, -0.15) is 0 Å². The number of aromatic nitrogens is 2. The van der Waals surface area contributed by atoms with Gasteiger partial charge in [0.1, 0.15) is 5.65 Å². The van der Waals surface area contributed by atoms with Gasteiger partial charge >= 0.3 is 0 Å². The van der Waals surface area contributed by atoms with Crippen molar-refractivity contribution in [1.29, 1.82) is 0 Å². The molecule has 1 amide bonds. The Balaban J connectivity index is 1.48. The number of hydrogen-bond donors (Lipinski definition) is 1. The topological polar surface area (TPSA) is 46.4 Å². The van der Waals surface area contributed by atoms with Crippen LogP contribution in [0.4, 0.5) is 5.69 Å². The molecular formula is C22H19N3O. The molecular weight excluding hydrogens is 322 g/mol. The Kier molecular flexibility index (Phi) is 4.23. The molecule has 0 aliphatic heterocycles. The molecule has 0 unspecified atom stereocenters. The quantitative estimate of drug-likeness (QED) is 0.594. The first-order chi connectivity index (χ1) is 12.7. The number of pyridine rings is 1. The lowest BCUT2D eigenvalue weighted by Gasteiger charge is -2.06. The van der Waals surface area contributed by atoms with Gasteiger partial charge in [0.25, 0.3) is 0 Å². The van der Waals surface area contributed by atoms with Gasteiger partial charge in [-0.3, -0.25) is 4.79 Å². The Morgan fingerprint density at radius 3 is 2.58 bits per heavy atom. The highest BCUT2D eigenvalue weighted by molar-refractivity contribution is 5.92. The molecule has 0 atom stereocenters. The van der Waals surface area contributed by atoms with Crippen molar-refractivity contribution >= 4 is 17.2 Å². The second-order valence-corrected chi connectivity index (χ2v) is 6.38. The SMILES string of the molecule is Cc1ccn2cc(-c3ccc(NC(=O)Cc4ccccc4)cc3)nc2c1. The summed E-state index contributed by atoms with van der Waals surface area (Å²) < 4.78 is 2.01. The predicted octanol–water partition coefficient (Wildman–Crippen LogP) is 4.49. The van der Waals surface area contributed by atoms with E-state index in [2.05, 4.69) is 29.4 Å². The second kappa shape index (κ2) is 6.84. The summed E-state index contributed by atoms with van der Waals surface area (Å²) in [6.45, 7) is 2.06. The minimum absolute atomic E-state index is 0.0212. The number of nitrogens with zero attached hydrogens (tertiary/aromatic N) is 2. The first-order valence-electron chi connectivity index (χ1n) is 8.57. The number of rotatable bonds is 4. The lowest BCUT2D eigenvalue weighted by molar-refractivity contribution is -0.115. The molecule has 0 aliphatic rings. The van der Waals surface area contributed by atoms with Crippen LogP contribution >= 0.6 is 0 Å². The lowest BCUT2D eigenvalue weighted by Crippen LogP contribution is -2.14. The molecule has 26 heavy (non-hydrogen) atoms. The third-order valence-corrected chi connectivity index (χ3v) is 4.29. The average molecular weight is 341 g/mol. The average Bonchev–Trinajstić information content (AvgIpc) is 3.06. The number of nitrogens with one attached hydrogen (secondary N) is 1. The smallest absolute Gasteiger partial charge is 0.228 e. The zero-order valence-corrected chi connectivity index (χ0v) is 14.5. The number of hydrogen-bond acceptors (Lipinski definition) is 2. The van der Waals surface area contributed by atoms with Crippen molar-refractivity contribution < 1.29 is 4.79 Å². The molecule has 128 valence electrons. The number of imidazole rings is 1. The normalized spacial score (nSPS) is 10.8. The van der Waals surface area contributed by atoms with Crippen LogP contribution in [-0.4, -0.2) is 15.3 Å². The summed E-state index contributed by atoms with van der Waals surface area (Å²) in [4.78, 5) is 16.8. The molecule has 2 aromatic carbocycles. The number of carbonyl (C=O) groups excluding carboxylic acids is 1. The number of carbonyl (C=O) groups is 1. The van der Waals surface area contributed by atoms with Gasteiger partial charge in [0.15, 0.2) is 0 Å². The summed E-state index contributed by atoms with van der Waals surface area (Å²) in [5, 5.41) is 2.94. The molecule has 4 heteroatoms. The van der Waals surface area contributed by atoms with E-state index in [0.29, 0.717) is 6.42 Å². The number of fused-ring (bicyclic) bond motifs is 1. The van der Waals surface area contributed by atoms with Crippen LogP contribution in [0.2, 0.25) is 0 Å². The minimum Gasteiger partial charge on any atom is -0.326 e. The fourth-order valence-electron chi connectivity index (χ4n) is 2.93. The maximum Gasteiger partial charge on any atom is 0.228 e. The van der Waals surface area contributed by atoms with Gasteiger partial charge < -0.3 is 9.72 Å². The molecule has 4 aromatic rings. The van der Waals surface area contributed by atoms with Crippen molar-refractivity contribution in [2.45, 2.75) is 13.3 Å². The van der Waals surface area contributed by atoms with E-state index in [1.165, 1.54) is 5.56 Å². The lowest BCUT2D eigenvalue weighted by atomic mass is 10.1. The van der Waals surface area contributed by atoms with E-state index in [4.69, 9.17) is 0 Å². The third kappa shape index (κ3) is 3.49. The van der Waals surface area contributed by atoms with Crippen LogP contribution in [-0.2, 0) is 11.2 Å². The van der Waals surface area contributed by atoms with Gasteiger partial charge in [-0.25, -0.2) is 4.98 Å². The molecule has 0 bridgehead atoms. The summed E-state index contributed by atoms with van der Waals surface area (Å²) >= 11 is 0. The molecule has 0 saturated carbocycles. The van der Waals surface area contributed by atoms with Gasteiger partial charge in [-0.15, -0.1) is 0 Å². The van der Waals surface area contributed by atoms with E-state index in [0.717, 1.165) is 28.2 Å². The molecule has 4 rings (SSSR count). The van der Waals surface area contributed by atoms with Gasteiger partial charge in [-0.1, -0.05) is 42.5 Å². The largest absolute Gasteiger partial charge is 0.326 e. The Morgan fingerprint density at radius 2 is 1.81 bits per heavy atom. The fourth-order valence-corrected chi connectivity index (χ4v) is 2.93. The van der Waals surface area contributed by atoms with Gasteiger partial charge in [0.05, 0.1) is 12.1 Å². The summed E-state index contributed by atoms with van der Waals surface area (Å²) in [5.41, 5.74) is 5.84. The Morgan fingerprint density at radius 1 is 1.04 bits per heavy atom. The number of aryl methyl sites for hydroxylation is 1. The van der Waals surface area contributed by atoms with E-state index in [-0.39, 0.29) is 5.91 Å². The Hall–Kier alpha value is -3.40. The number of benzene rings is 2. The maximum absolute atomic E-state index is 12.2. The van der Waals surface area contributed by atoms with Crippen LogP contribution in [0.3, 0.4) is 0 Å². The van der Waals surface area contributed by atoms with Crippen LogP contribution in [0.5, 0.6) is 0 Å². The standard InChI is InChI=1S/C22H19N3O/c1-16-11-12-25-15-20(24-21(25)13-16)18-7-9-19(10-8-18)23-22(26)14-17-5-3-2-4-6-17/h2-13,15H,14H2,1H3,(H,23,26). The molecule has 0 spiro atoms. The van der Waals surface area contributed by atoms with Crippen molar-refractivity contribution in [3.8, 4) is 11.3 Å². The second-order valence-electron chi connectivity index (χ2n) is 6.38. The van der Waals surface area contributed by atoms with E-state index in [9.17, 15) is 4.79 Å². The first-order valence-corrected chi connectivity index (χ1v) is 8.57. The molecule has 0 aliphatic carbocycles. The predicted molar refractivity (Wildman–Crippen MR) is 104 cm³/mol. The van der Waals surface area contributed by atoms with Gasteiger partial charge in [0.2, 0.25) is 5.91 Å². The van der Waals surface area contributed by atoms with Crippen molar-refractivity contribution in [2.24, 2.45) is 0 Å². The van der Waals surface area contributed by atoms with Crippen LogP contribution in [0.15, 0.2) is 79.1 Å². The minimum atomic E-state index is -0.0212. The highest BCUT2D eigenvalue weighted by atomic mass is 16.1. The maximum atomic E-state index is 12.2. The Bertz CT molecular complexity index is 1050. The highest BCUT2D eigenvalue weighted by Gasteiger charge is 2.07. The molecule has 4 nitrogen and oxygen atoms in total. The van der Waals surface area contributed by atoms with Crippen LogP contribution < -0.4 is 5.32 Å². The third-order valence-electron chi connectivity index (χ3n) is 4.29. The number of anilines is 1. The number of amides is 1. The van der Waals surface area contributed by atoms with E-state index >= 15 is 0 Å². The summed E-state index contributed by atoms with van der Waals surface area (Å²) in [6, 6.07) is 21.6. The van der Waals surface area contributed by atoms with E-state index in [1.54, 1.807) is 0 Å². The van der Waals surface area contributed by atoms with Crippen LogP contribution in [0.25, 0.3) is 16.9 Å². The summed E-state index contributed by atoms with van der Waals surface area (Å²) in [5.74, 6) is -0.0212. The van der Waals surface area contributed by atoms with Crippen molar-refractivity contribution in [2.75, 3.05) is 5.32 Å². The Labute approximate surface area is 152 Å².